The first-order chi connectivity index (χ1) is 4.43. The van der Waals surface area contributed by atoms with Crippen LogP contribution in [0.1, 0.15) is 6.42 Å². The van der Waals surface area contributed by atoms with Crippen LogP contribution in [0.4, 0.5) is 0 Å². The second kappa shape index (κ2) is 3.61. The first-order valence-corrected chi connectivity index (χ1v) is 3.14. The smallest absolute Gasteiger partial charge is 0.0891 e. The number of rotatable bonds is 2. The van der Waals surface area contributed by atoms with Crippen molar-refractivity contribution in [1.29, 1.82) is 0 Å². The van der Waals surface area contributed by atoms with E-state index in [-0.39, 0.29) is 0 Å². The first-order valence-electron chi connectivity index (χ1n) is 3.14. The minimum Gasteiger partial charge on any atom is -0.313 e. The molecule has 1 aliphatic rings. The molecule has 0 bridgehead atoms. The standard InChI is InChI=1S/C6H12N2O/c7-9-5-6-1-3-8-4-2-6/h1,8H,2-5,7H2. The van der Waals surface area contributed by atoms with Crippen LogP contribution in [0.15, 0.2) is 11.6 Å². The van der Waals surface area contributed by atoms with Crippen LogP contribution in [-0.4, -0.2) is 19.7 Å². The van der Waals surface area contributed by atoms with Crippen LogP contribution in [0.2, 0.25) is 0 Å². The number of nitrogens with two attached hydrogens (primary N) is 1. The zero-order chi connectivity index (χ0) is 6.53. The molecule has 0 fully saturated rings. The van der Waals surface area contributed by atoms with E-state index in [1.807, 2.05) is 0 Å². The molecule has 0 aromatic carbocycles. The summed E-state index contributed by atoms with van der Waals surface area (Å²) in [6, 6.07) is 0. The van der Waals surface area contributed by atoms with E-state index in [1.165, 1.54) is 5.57 Å². The molecule has 0 saturated carbocycles. The highest BCUT2D eigenvalue weighted by molar-refractivity contribution is 5.06. The van der Waals surface area contributed by atoms with Gasteiger partial charge in [0.2, 0.25) is 0 Å². The third-order valence-electron chi connectivity index (χ3n) is 1.43. The van der Waals surface area contributed by atoms with Gasteiger partial charge in [-0.05, 0) is 18.5 Å². The molecule has 0 aliphatic carbocycles. The van der Waals surface area contributed by atoms with Crippen LogP contribution >= 0.6 is 0 Å². The Bertz CT molecular complexity index is 112. The van der Waals surface area contributed by atoms with Crippen LogP contribution in [0.3, 0.4) is 0 Å². The van der Waals surface area contributed by atoms with Crippen LogP contribution in [-0.2, 0) is 4.84 Å². The quantitative estimate of drug-likeness (QED) is 0.400. The van der Waals surface area contributed by atoms with Crippen molar-refractivity contribution in [2.24, 2.45) is 5.90 Å². The van der Waals surface area contributed by atoms with Crippen LogP contribution in [0, 0.1) is 0 Å². The topological polar surface area (TPSA) is 47.3 Å². The summed E-state index contributed by atoms with van der Waals surface area (Å²) in [7, 11) is 0. The molecule has 0 saturated heterocycles. The average Bonchev–Trinajstić information content (AvgIpc) is 1.91. The Balaban J connectivity index is 2.28. The van der Waals surface area contributed by atoms with E-state index in [1.54, 1.807) is 0 Å². The van der Waals surface area contributed by atoms with Crippen molar-refractivity contribution in [1.82, 2.24) is 5.32 Å². The lowest BCUT2D eigenvalue weighted by Crippen LogP contribution is -2.22. The fourth-order valence-electron chi connectivity index (χ4n) is 0.908. The minimum absolute atomic E-state index is 0.585. The van der Waals surface area contributed by atoms with Gasteiger partial charge in [-0.25, -0.2) is 5.90 Å². The molecule has 1 rings (SSSR count). The summed E-state index contributed by atoms with van der Waals surface area (Å²) in [6.07, 6.45) is 3.19. The van der Waals surface area contributed by atoms with Crippen molar-refractivity contribution >= 4 is 0 Å². The van der Waals surface area contributed by atoms with Gasteiger partial charge in [-0.15, -0.1) is 0 Å². The van der Waals surface area contributed by atoms with Crippen LogP contribution in [0.25, 0.3) is 0 Å². The van der Waals surface area contributed by atoms with Gasteiger partial charge in [0.1, 0.15) is 0 Å². The largest absolute Gasteiger partial charge is 0.313 e. The average molecular weight is 128 g/mol. The lowest BCUT2D eigenvalue weighted by atomic mass is 10.1. The van der Waals surface area contributed by atoms with Crippen molar-refractivity contribution in [2.45, 2.75) is 6.42 Å². The van der Waals surface area contributed by atoms with Crippen molar-refractivity contribution in [2.75, 3.05) is 19.7 Å². The molecule has 0 atom stereocenters. The Hall–Kier alpha value is -0.380. The van der Waals surface area contributed by atoms with E-state index in [9.17, 15) is 0 Å². The van der Waals surface area contributed by atoms with E-state index in [4.69, 9.17) is 5.90 Å². The minimum atomic E-state index is 0.585. The van der Waals surface area contributed by atoms with E-state index >= 15 is 0 Å². The summed E-state index contributed by atoms with van der Waals surface area (Å²) in [5.41, 5.74) is 1.30. The van der Waals surface area contributed by atoms with E-state index < -0.39 is 0 Å². The second-order valence-corrected chi connectivity index (χ2v) is 2.13. The molecular formula is C6H12N2O. The number of hydrogen-bond acceptors (Lipinski definition) is 3. The van der Waals surface area contributed by atoms with Gasteiger partial charge in [0.15, 0.2) is 0 Å². The highest BCUT2D eigenvalue weighted by Crippen LogP contribution is 2.02. The van der Waals surface area contributed by atoms with Gasteiger partial charge >= 0.3 is 0 Å². The maximum atomic E-state index is 4.90. The molecule has 0 spiro atoms. The van der Waals surface area contributed by atoms with Gasteiger partial charge in [-0.2, -0.15) is 0 Å². The molecule has 3 nitrogen and oxygen atoms in total. The van der Waals surface area contributed by atoms with E-state index in [2.05, 4.69) is 16.2 Å². The second-order valence-electron chi connectivity index (χ2n) is 2.13. The fraction of sp³-hybridized carbons (Fsp3) is 0.667. The summed E-state index contributed by atoms with van der Waals surface area (Å²) >= 11 is 0. The van der Waals surface area contributed by atoms with Gasteiger partial charge in [0, 0.05) is 6.54 Å². The van der Waals surface area contributed by atoms with Crippen molar-refractivity contribution < 1.29 is 4.84 Å². The molecule has 0 aromatic heterocycles. The number of hydrogen-bond donors (Lipinski definition) is 2. The van der Waals surface area contributed by atoms with Gasteiger partial charge in [0.25, 0.3) is 0 Å². The molecule has 3 N–H and O–H groups in total. The first kappa shape index (κ1) is 6.74. The Morgan fingerprint density at radius 2 is 2.67 bits per heavy atom. The molecule has 0 amide bonds. The van der Waals surface area contributed by atoms with Crippen LogP contribution in [0.5, 0.6) is 0 Å². The van der Waals surface area contributed by atoms with Gasteiger partial charge in [-0.3, -0.25) is 0 Å². The Morgan fingerprint density at radius 3 is 3.22 bits per heavy atom. The zero-order valence-corrected chi connectivity index (χ0v) is 5.39. The summed E-state index contributed by atoms with van der Waals surface area (Å²) in [4.78, 5) is 4.49. The van der Waals surface area contributed by atoms with Crippen molar-refractivity contribution in [3.8, 4) is 0 Å². The lowest BCUT2D eigenvalue weighted by Gasteiger charge is -2.11. The Labute approximate surface area is 54.8 Å². The summed E-state index contributed by atoms with van der Waals surface area (Å²) < 4.78 is 0. The van der Waals surface area contributed by atoms with Gasteiger partial charge in [-0.1, -0.05) is 6.08 Å². The monoisotopic (exact) mass is 128 g/mol. The molecule has 0 radical (unpaired) electrons. The Morgan fingerprint density at radius 1 is 1.78 bits per heavy atom. The maximum absolute atomic E-state index is 4.90. The predicted octanol–water partition coefficient (Wildman–Crippen LogP) is -0.204. The Kier molecular flexibility index (Phi) is 2.70. The fourth-order valence-corrected chi connectivity index (χ4v) is 0.908. The normalized spacial score (nSPS) is 19.4. The summed E-state index contributed by atoms with van der Waals surface area (Å²) in [6.45, 7) is 2.59. The van der Waals surface area contributed by atoms with Gasteiger partial charge in [0.05, 0.1) is 6.61 Å². The van der Waals surface area contributed by atoms with Crippen LogP contribution < -0.4 is 11.2 Å². The predicted molar refractivity (Wildman–Crippen MR) is 35.7 cm³/mol. The molecule has 1 heterocycles. The summed E-state index contributed by atoms with van der Waals surface area (Å²) in [5, 5.41) is 3.20. The summed E-state index contributed by atoms with van der Waals surface area (Å²) in [5.74, 6) is 4.90. The zero-order valence-electron chi connectivity index (χ0n) is 5.39. The third kappa shape index (κ3) is 2.13. The lowest BCUT2D eigenvalue weighted by molar-refractivity contribution is 0.158. The molecule has 52 valence electrons. The van der Waals surface area contributed by atoms with Crippen molar-refractivity contribution in [3.05, 3.63) is 11.6 Å². The molecule has 0 aromatic rings. The molecule has 0 unspecified atom stereocenters. The molecule has 1 aliphatic heterocycles. The van der Waals surface area contributed by atoms with Crippen molar-refractivity contribution in [3.63, 3.8) is 0 Å². The molecular weight excluding hydrogens is 116 g/mol. The SMILES string of the molecule is NOCC1=CCNCC1. The molecule has 3 heteroatoms. The van der Waals surface area contributed by atoms with Gasteiger partial charge < -0.3 is 10.2 Å². The van der Waals surface area contributed by atoms with E-state index in [0.717, 1.165) is 19.5 Å². The third-order valence-corrected chi connectivity index (χ3v) is 1.43. The number of nitrogens with one attached hydrogen (secondary N) is 1. The molecule has 9 heavy (non-hydrogen) atoms. The highest BCUT2D eigenvalue weighted by atomic mass is 16.6. The maximum Gasteiger partial charge on any atom is 0.0891 e. The highest BCUT2D eigenvalue weighted by Gasteiger charge is 2.00. The van der Waals surface area contributed by atoms with E-state index in [0.29, 0.717) is 6.61 Å².